The quantitative estimate of drug-likeness (QED) is 0.395. The fraction of sp³-hybridized carbons (Fsp3) is 0.750. The molecule has 0 aromatic carbocycles. The van der Waals surface area contributed by atoms with Crippen LogP contribution >= 0.6 is 0 Å². The molecule has 3 aliphatic heterocycles. The molecule has 0 radical (unpaired) electrons. The first-order chi connectivity index (χ1) is 13.1. The highest BCUT2D eigenvalue weighted by Gasteiger charge is 2.53. The third-order valence-corrected chi connectivity index (χ3v) is 6.33. The summed E-state index contributed by atoms with van der Waals surface area (Å²) in [5.74, 6) is -2.44. The second kappa shape index (κ2) is 7.83. The van der Waals surface area contributed by atoms with Crippen molar-refractivity contribution >= 4 is 17.9 Å². The summed E-state index contributed by atoms with van der Waals surface area (Å²) in [7, 11) is 0. The van der Waals surface area contributed by atoms with Crippen LogP contribution in [0.1, 0.15) is 40.5 Å². The molecule has 8 heteroatoms. The number of cyclic esters (lactones) is 1. The molecule has 28 heavy (non-hydrogen) atoms. The van der Waals surface area contributed by atoms with Gasteiger partial charge in [-0.05, 0) is 32.6 Å². The standard InChI is InChI=1S/C20H29NO7/c1-5-13-8-11(2)20(4,25)19(24)26-10-14-16(27-12(3)22)9-21-7-6-15(17(14)21)28-18(13)23/h5,11,14-17,25H,6-10H2,1-4H3/b13-5+. The second-order valence-electron chi connectivity index (χ2n) is 8.19. The van der Waals surface area contributed by atoms with Gasteiger partial charge in [-0.3, -0.25) is 9.69 Å². The van der Waals surface area contributed by atoms with Crippen LogP contribution in [0.4, 0.5) is 0 Å². The van der Waals surface area contributed by atoms with Crippen molar-refractivity contribution in [2.45, 2.75) is 64.4 Å². The molecule has 3 heterocycles. The second-order valence-corrected chi connectivity index (χ2v) is 8.19. The molecule has 0 aliphatic carbocycles. The zero-order valence-electron chi connectivity index (χ0n) is 16.8. The van der Waals surface area contributed by atoms with Gasteiger partial charge in [-0.25, -0.2) is 9.59 Å². The fourth-order valence-electron chi connectivity index (χ4n) is 4.45. The molecule has 8 nitrogen and oxygen atoms in total. The highest BCUT2D eigenvalue weighted by molar-refractivity contribution is 5.89. The normalized spacial score (nSPS) is 40.9. The summed E-state index contributed by atoms with van der Waals surface area (Å²) in [6.07, 6.45) is 1.73. The minimum atomic E-state index is -1.75. The Morgan fingerprint density at radius 2 is 2.11 bits per heavy atom. The number of hydrogen-bond donors (Lipinski definition) is 1. The highest BCUT2D eigenvalue weighted by Crippen LogP contribution is 2.38. The van der Waals surface area contributed by atoms with Crippen LogP contribution in [0, 0.1) is 11.8 Å². The number of hydrogen-bond acceptors (Lipinski definition) is 8. The van der Waals surface area contributed by atoms with Gasteiger partial charge in [0.1, 0.15) is 12.2 Å². The summed E-state index contributed by atoms with van der Waals surface area (Å²) in [5, 5.41) is 10.7. The van der Waals surface area contributed by atoms with Crippen molar-refractivity contribution < 1.29 is 33.7 Å². The zero-order chi connectivity index (χ0) is 20.6. The van der Waals surface area contributed by atoms with Gasteiger partial charge in [-0.2, -0.15) is 0 Å². The summed E-state index contributed by atoms with van der Waals surface area (Å²) < 4.78 is 16.7. The lowest BCUT2D eigenvalue weighted by Gasteiger charge is -2.33. The maximum atomic E-state index is 12.7. The van der Waals surface area contributed by atoms with Gasteiger partial charge in [0.15, 0.2) is 5.60 Å². The van der Waals surface area contributed by atoms with Crippen molar-refractivity contribution in [1.82, 2.24) is 4.90 Å². The number of rotatable bonds is 1. The summed E-state index contributed by atoms with van der Waals surface area (Å²) in [6.45, 7) is 7.37. The molecule has 0 aromatic heterocycles. The van der Waals surface area contributed by atoms with E-state index >= 15 is 0 Å². The minimum Gasteiger partial charge on any atom is -0.463 e. The van der Waals surface area contributed by atoms with Crippen molar-refractivity contribution in [2.75, 3.05) is 19.7 Å². The lowest BCUT2D eigenvalue weighted by Crippen LogP contribution is -2.47. The van der Waals surface area contributed by atoms with Crippen LogP contribution in [-0.4, -0.2) is 71.5 Å². The Balaban J connectivity index is 1.93. The van der Waals surface area contributed by atoms with Gasteiger partial charge in [0.05, 0.1) is 18.6 Å². The molecule has 0 bridgehead atoms. The van der Waals surface area contributed by atoms with Gasteiger partial charge in [-0.15, -0.1) is 0 Å². The average molecular weight is 395 g/mol. The molecular weight excluding hydrogens is 366 g/mol. The lowest BCUT2D eigenvalue weighted by atomic mass is 9.85. The molecule has 0 amide bonds. The first-order valence-electron chi connectivity index (χ1n) is 9.82. The smallest absolute Gasteiger partial charge is 0.338 e. The van der Waals surface area contributed by atoms with Gasteiger partial charge in [0, 0.05) is 25.6 Å². The van der Waals surface area contributed by atoms with Gasteiger partial charge >= 0.3 is 17.9 Å². The van der Waals surface area contributed by atoms with E-state index in [2.05, 4.69) is 4.90 Å². The van der Waals surface area contributed by atoms with Crippen molar-refractivity contribution in [3.05, 3.63) is 11.6 Å². The number of carbonyl (C=O) groups is 3. The molecule has 3 saturated heterocycles. The van der Waals surface area contributed by atoms with E-state index in [0.29, 0.717) is 25.1 Å². The molecule has 3 fully saturated rings. The first-order valence-corrected chi connectivity index (χ1v) is 9.82. The van der Waals surface area contributed by atoms with Crippen LogP contribution in [0.5, 0.6) is 0 Å². The number of carbonyl (C=O) groups excluding carboxylic acids is 3. The van der Waals surface area contributed by atoms with E-state index in [4.69, 9.17) is 14.2 Å². The minimum absolute atomic E-state index is 0.00859. The predicted octanol–water partition coefficient (Wildman–Crippen LogP) is 0.814. The Bertz CT molecular complexity index is 686. The maximum absolute atomic E-state index is 12.7. The summed E-state index contributed by atoms with van der Waals surface area (Å²) in [5.41, 5.74) is -1.33. The van der Waals surface area contributed by atoms with E-state index in [0.717, 1.165) is 0 Å². The van der Waals surface area contributed by atoms with Gasteiger partial charge < -0.3 is 19.3 Å². The maximum Gasteiger partial charge on any atom is 0.338 e. The summed E-state index contributed by atoms with van der Waals surface area (Å²) in [6, 6.07) is -0.194. The molecule has 0 spiro atoms. The van der Waals surface area contributed by atoms with E-state index in [1.807, 2.05) is 0 Å². The van der Waals surface area contributed by atoms with E-state index in [1.54, 1.807) is 19.9 Å². The van der Waals surface area contributed by atoms with Gasteiger partial charge in [0.25, 0.3) is 0 Å². The summed E-state index contributed by atoms with van der Waals surface area (Å²) >= 11 is 0. The van der Waals surface area contributed by atoms with Crippen LogP contribution < -0.4 is 0 Å². The molecule has 3 rings (SSSR count). The topological polar surface area (TPSA) is 102 Å². The molecule has 6 unspecified atom stereocenters. The van der Waals surface area contributed by atoms with E-state index in [9.17, 15) is 19.5 Å². The van der Waals surface area contributed by atoms with Crippen LogP contribution in [0.3, 0.4) is 0 Å². The molecule has 0 aromatic rings. The lowest BCUT2D eigenvalue weighted by molar-refractivity contribution is -0.174. The third-order valence-electron chi connectivity index (χ3n) is 6.33. The van der Waals surface area contributed by atoms with E-state index in [1.165, 1.54) is 13.8 Å². The largest absolute Gasteiger partial charge is 0.463 e. The Kier molecular flexibility index (Phi) is 5.82. The Hall–Kier alpha value is -1.93. The van der Waals surface area contributed by atoms with Crippen LogP contribution in [0.2, 0.25) is 0 Å². The van der Waals surface area contributed by atoms with Crippen molar-refractivity contribution in [3.8, 4) is 0 Å². The molecule has 156 valence electrons. The molecular formula is C20H29NO7. The van der Waals surface area contributed by atoms with E-state index < -0.39 is 35.5 Å². The monoisotopic (exact) mass is 395 g/mol. The third kappa shape index (κ3) is 3.80. The number of ether oxygens (including phenoxy) is 3. The zero-order valence-corrected chi connectivity index (χ0v) is 16.8. The number of nitrogens with zero attached hydrogens (tertiary/aromatic N) is 1. The first kappa shape index (κ1) is 20.8. The number of allylic oxidation sites excluding steroid dienone is 1. The van der Waals surface area contributed by atoms with Crippen molar-refractivity contribution in [2.24, 2.45) is 11.8 Å². The SMILES string of the molecule is C/C=C1\CC(C)C(C)(O)C(=O)OCC2C(OC(C)=O)CN3CCC(OC1=O)C23. The van der Waals surface area contributed by atoms with Gasteiger partial charge in [-0.1, -0.05) is 13.0 Å². The molecule has 0 saturated carbocycles. The summed E-state index contributed by atoms with van der Waals surface area (Å²) in [4.78, 5) is 39.0. The Morgan fingerprint density at radius 3 is 2.75 bits per heavy atom. The number of esters is 3. The average Bonchev–Trinajstić information content (AvgIpc) is 3.15. The highest BCUT2D eigenvalue weighted by atomic mass is 16.6. The van der Waals surface area contributed by atoms with Crippen molar-refractivity contribution in [1.29, 1.82) is 0 Å². The van der Waals surface area contributed by atoms with Gasteiger partial charge in [0.2, 0.25) is 0 Å². The van der Waals surface area contributed by atoms with E-state index in [-0.39, 0.29) is 31.1 Å². The van der Waals surface area contributed by atoms with Crippen LogP contribution in [0.25, 0.3) is 0 Å². The molecule has 6 atom stereocenters. The Morgan fingerprint density at radius 1 is 1.39 bits per heavy atom. The predicted molar refractivity (Wildman–Crippen MR) is 98.0 cm³/mol. The molecule has 1 N–H and O–H groups in total. The van der Waals surface area contributed by atoms with Crippen LogP contribution in [0.15, 0.2) is 11.6 Å². The Labute approximate surface area is 164 Å². The fourth-order valence-corrected chi connectivity index (χ4v) is 4.45. The number of aliphatic hydroxyl groups is 1. The van der Waals surface area contributed by atoms with Crippen molar-refractivity contribution in [3.63, 3.8) is 0 Å². The van der Waals surface area contributed by atoms with Crippen LogP contribution in [-0.2, 0) is 28.6 Å². The molecule has 3 aliphatic rings.